The first-order chi connectivity index (χ1) is 10.3. The van der Waals surface area contributed by atoms with Gasteiger partial charge in [-0.25, -0.2) is 0 Å². The van der Waals surface area contributed by atoms with Gasteiger partial charge >= 0.3 is 0 Å². The van der Waals surface area contributed by atoms with Gasteiger partial charge in [0.25, 0.3) is 0 Å². The molecule has 2 N–H and O–H groups in total. The number of hydrogen-bond donors (Lipinski definition) is 1. The molecular weight excluding hydrogens is 256 g/mol. The summed E-state index contributed by atoms with van der Waals surface area (Å²) in [4.78, 5) is 2.58. The lowest BCUT2D eigenvalue weighted by atomic mass is 9.92. The van der Waals surface area contributed by atoms with Crippen molar-refractivity contribution in [1.82, 2.24) is 4.90 Å². The number of nitrogens with two attached hydrogens (primary N) is 1. The zero-order valence-electron chi connectivity index (χ0n) is 12.7. The van der Waals surface area contributed by atoms with Crippen molar-refractivity contribution in [3.8, 4) is 0 Å². The Morgan fingerprint density at radius 3 is 2.05 bits per heavy atom. The molecular formula is C19H24N2. The number of hydrogen-bond acceptors (Lipinski definition) is 2. The Bertz CT molecular complexity index is 552. The zero-order valence-corrected chi connectivity index (χ0v) is 12.7. The van der Waals surface area contributed by atoms with Crippen LogP contribution in [0, 0.1) is 0 Å². The maximum Gasteiger partial charge on any atom is 0.0543 e. The van der Waals surface area contributed by atoms with Crippen molar-refractivity contribution in [2.45, 2.75) is 37.9 Å². The topological polar surface area (TPSA) is 29.3 Å². The maximum atomic E-state index is 6.67. The molecule has 2 aromatic carbocycles. The summed E-state index contributed by atoms with van der Waals surface area (Å²) in [5.74, 6) is 0. The Kier molecular flexibility index (Phi) is 4.37. The molecule has 0 radical (unpaired) electrons. The molecule has 3 unspecified atom stereocenters. The molecule has 2 aromatic rings. The Labute approximate surface area is 127 Å². The standard InChI is InChI=1S/C19H24N2/c1-15-9-8-14-21(15)19(17-12-6-3-7-13-17)18(20)16-10-4-2-5-11-16/h2-7,10-13,15,18-19H,8-9,14,20H2,1H3. The van der Waals surface area contributed by atoms with Gasteiger partial charge in [-0.05, 0) is 37.4 Å². The smallest absolute Gasteiger partial charge is 0.0543 e. The van der Waals surface area contributed by atoms with Crippen molar-refractivity contribution < 1.29 is 0 Å². The van der Waals surface area contributed by atoms with Crippen LogP contribution in [0.3, 0.4) is 0 Å². The number of nitrogens with zero attached hydrogens (tertiary/aromatic N) is 1. The lowest BCUT2D eigenvalue weighted by molar-refractivity contribution is 0.165. The van der Waals surface area contributed by atoms with Crippen molar-refractivity contribution in [3.05, 3.63) is 71.8 Å². The van der Waals surface area contributed by atoms with E-state index < -0.39 is 0 Å². The molecule has 0 aliphatic carbocycles. The van der Waals surface area contributed by atoms with E-state index in [4.69, 9.17) is 5.73 Å². The number of likely N-dealkylation sites (tertiary alicyclic amines) is 1. The Hall–Kier alpha value is -1.64. The first-order valence-electron chi connectivity index (χ1n) is 7.88. The van der Waals surface area contributed by atoms with Crippen molar-refractivity contribution in [3.63, 3.8) is 0 Å². The summed E-state index contributed by atoms with van der Waals surface area (Å²) in [6.07, 6.45) is 2.54. The number of rotatable bonds is 4. The van der Waals surface area contributed by atoms with Crippen molar-refractivity contribution in [1.29, 1.82) is 0 Å². The van der Waals surface area contributed by atoms with E-state index in [-0.39, 0.29) is 12.1 Å². The van der Waals surface area contributed by atoms with Crippen LogP contribution in [0.2, 0.25) is 0 Å². The highest BCUT2D eigenvalue weighted by atomic mass is 15.2. The fraction of sp³-hybridized carbons (Fsp3) is 0.368. The summed E-state index contributed by atoms with van der Waals surface area (Å²) in [7, 11) is 0. The molecule has 1 aliphatic heterocycles. The zero-order chi connectivity index (χ0) is 14.7. The van der Waals surface area contributed by atoms with Gasteiger partial charge in [-0.2, -0.15) is 0 Å². The second-order valence-electron chi connectivity index (χ2n) is 6.02. The van der Waals surface area contributed by atoms with Gasteiger partial charge in [-0.1, -0.05) is 60.7 Å². The average Bonchev–Trinajstić information content (AvgIpc) is 2.95. The van der Waals surface area contributed by atoms with Crippen molar-refractivity contribution in [2.24, 2.45) is 5.73 Å². The third-order valence-electron chi connectivity index (χ3n) is 4.63. The van der Waals surface area contributed by atoms with E-state index in [1.54, 1.807) is 0 Å². The van der Waals surface area contributed by atoms with Crippen LogP contribution >= 0.6 is 0 Å². The SMILES string of the molecule is CC1CCCN1C(c1ccccc1)C(N)c1ccccc1. The van der Waals surface area contributed by atoms with Crippen LogP contribution in [0.4, 0.5) is 0 Å². The van der Waals surface area contributed by atoms with E-state index >= 15 is 0 Å². The fourth-order valence-corrected chi connectivity index (χ4v) is 3.48. The Morgan fingerprint density at radius 1 is 0.952 bits per heavy atom. The van der Waals surface area contributed by atoms with Crippen LogP contribution in [0.1, 0.15) is 43.0 Å². The van der Waals surface area contributed by atoms with Gasteiger partial charge in [0, 0.05) is 12.1 Å². The van der Waals surface area contributed by atoms with Crippen molar-refractivity contribution >= 4 is 0 Å². The third-order valence-corrected chi connectivity index (χ3v) is 4.63. The molecule has 0 amide bonds. The molecule has 0 bridgehead atoms. The van der Waals surface area contributed by atoms with E-state index in [2.05, 4.69) is 66.4 Å². The fourth-order valence-electron chi connectivity index (χ4n) is 3.48. The predicted octanol–water partition coefficient (Wildman–Crippen LogP) is 3.91. The highest BCUT2D eigenvalue weighted by Gasteiger charge is 2.33. The lowest BCUT2D eigenvalue weighted by Crippen LogP contribution is -2.38. The summed E-state index contributed by atoms with van der Waals surface area (Å²) < 4.78 is 0. The van der Waals surface area contributed by atoms with Gasteiger partial charge in [0.05, 0.1) is 6.04 Å². The van der Waals surface area contributed by atoms with Gasteiger partial charge < -0.3 is 5.73 Å². The predicted molar refractivity (Wildman–Crippen MR) is 88.0 cm³/mol. The minimum Gasteiger partial charge on any atom is -0.322 e. The Morgan fingerprint density at radius 2 is 1.52 bits per heavy atom. The van der Waals surface area contributed by atoms with Crippen molar-refractivity contribution in [2.75, 3.05) is 6.54 Å². The van der Waals surface area contributed by atoms with E-state index in [0.29, 0.717) is 6.04 Å². The Balaban J connectivity index is 1.96. The molecule has 2 nitrogen and oxygen atoms in total. The highest BCUT2D eigenvalue weighted by Crippen LogP contribution is 2.37. The van der Waals surface area contributed by atoms with Crippen LogP contribution in [0.5, 0.6) is 0 Å². The van der Waals surface area contributed by atoms with Crippen LogP contribution in [-0.2, 0) is 0 Å². The molecule has 0 aromatic heterocycles. The minimum atomic E-state index is 0.00847. The van der Waals surface area contributed by atoms with Crippen LogP contribution in [0.15, 0.2) is 60.7 Å². The molecule has 1 aliphatic rings. The van der Waals surface area contributed by atoms with Gasteiger partial charge in [-0.15, -0.1) is 0 Å². The monoisotopic (exact) mass is 280 g/mol. The molecule has 0 spiro atoms. The van der Waals surface area contributed by atoms with Gasteiger partial charge in [0.2, 0.25) is 0 Å². The number of benzene rings is 2. The molecule has 110 valence electrons. The van der Waals surface area contributed by atoms with E-state index in [9.17, 15) is 0 Å². The largest absolute Gasteiger partial charge is 0.322 e. The normalized spacial score (nSPS) is 22.1. The molecule has 3 rings (SSSR count). The van der Waals surface area contributed by atoms with Gasteiger partial charge in [-0.3, -0.25) is 4.90 Å². The van der Waals surface area contributed by atoms with E-state index in [1.165, 1.54) is 24.0 Å². The minimum absolute atomic E-state index is 0.00847. The summed E-state index contributed by atoms with van der Waals surface area (Å²) in [5, 5.41) is 0. The lowest BCUT2D eigenvalue weighted by Gasteiger charge is -2.36. The molecule has 1 heterocycles. The van der Waals surface area contributed by atoms with E-state index in [0.717, 1.165) is 6.54 Å². The molecule has 1 fully saturated rings. The summed E-state index contributed by atoms with van der Waals surface area (Å²) in [5.41, 5.74) is 9.21. The molecule has 0 saturated carbocycles. The van der Waals surface area contributed by atoms with Crippen LogP contribution in [0.25, 0.3) is 0 Å². The molecule has 1 saturated heterocycles. The van der Waals surface area contributed by atoms with Crippen LogP contribution in [-0.4, -0.2) is 17.5 Å². The summed E-state index contributed by atoms with van der Waals surface area (Å²) in [6.45, 7) is 3.46. The second-order valence-corrected chi connectivity index (χ2v) is 6.02. The second kappa shape index (κ2) is 6.42. The van der Waals surface area contributed by atoms with Crippen LogP contribution < -0.4 is 5.73 Å². The molecule has 21 heavy (non-hydrogen) atoms. The molecule has 2 heteroatoms. The van der Waals surface area contributed by atoms with Gasteiger partial charge in [0.1, 0.15) is 0 Å². The maximum absolute atomic E-state index is 6.67. The summed E-state index contributed by atoms with van der Waals surface area (Å²) in [6, 6.07) is 22.1. The quantitative estimate of drug-likeness (QED) is 0.920. The van der Waals surface area contributed by atoms with Gasteiger partial charge in [0.15, 0.2) is 0 Å². The molecule has 3 atom stereocenters. The highest BCUT2D eigenvalue weighted by molar-refractivity contribution is 5.27. The van der Waals surface area contributed by atoms with E-state index in [1.807, 2.05) is 6.07 Å². The first-order valence-corrected chi connectivity index (χ1v) is 7.88. The average molecular weight is 280 g/mol. The first kappa shape index (κ1) is 14.3. The third kappa shape index (κ3) is 3.02. The summed E-state index contributed by atoms with van der Waals surface area (Å²) >= 11 is 0.